The van der Waals surface area contributed by atoms with Crippen molar-refractivity contribution >= 4 is 5.91 Å². The lowest BCUT2D eigenvalue weighted by Gasteiger charge is -2.04. The molecular weight excluding hydrogens is 214 g/mol. The molecule has 0 spiro atoms. The van der Waals surface area contributed by atoms with Gasteiger partial charge in [-0.3, -0.25) is 9.89 Å². The van der Waals surface area contributed by atoms with Crippen LogP contribution >= 0.6 is 0 Å². The summed E-state index contributed by atoms with van der Waals surface area (Å²) in [5.41, 5.74) is 2.65. The van der Waals surface area contributed by atoms with Gasteiger partial charge in [0.15, 0.2) is 0 Å². The fourth-order valence-electron chi connectivity index (χ4n) is 1.59. The van der Waals surface area contributed by atoms with Crippen LogP contribution in [0.1, 0.15) is 23.7 Å². The molecule has 0 saturated heterocycles. The van der Waals surface area contributed by atoms with Crippen LogP contribution in [0.25, 0.3) is 11.1 Å². The lowest BCUT2D eigenvalue weighted by Crippen LogP contribution is -2.23. The van der Waals surface area contributed by atoms with Crippen molar-refractivity contribution < 1.29 is 4.79 Å². The van der Waals surface area contributed by atoms with Gasteiger partial charge in [-0.15, -0.1) is 0 Å². The second-order valence-corrected chi connectivity index (χ2v) is 3.82. The average Bonchev–Trinajstić information content (AvgIpc) is 2.90. The molecule has 2 N–H and O–H groups in total. The number of hydrogen-bond acceptors (Lipinski definition) is 2. The summed E-state index contributed by atoms with van der Waals surface area (Å²) in [7, 11) is 0. The van der Waals surface area contributed by atoms with Gasteiger partial charge in [0.1, 0.15) is 0 Å². The first kappa shape index (κ1) is 11.4. The maximum absolute atomic E-state index is 11.8. The predicted molar refractivity (Wildman–Crippen MR) is 66.6 cm³/mol. The van der Waals surface area contributed by atoms with Gasteiger partial charge in [0, 0.05) is 23.9 Å². The summed E-state index contributed by atoms with van der Waals surface area (Å²) in [6.45, 7) is 2.73. The number of H-pyrrole nitrogens is 1. The maximum atomic E-state index is 11.8. The zero-order chi connectivity index (χ0) is 12.1. The van der Waals surface area contributed by atoms with E-state index in [1.54, 1.807) is 6.20 Å². The minimum Gasteiger partial charge on any atom is -0.352 e. The number of carbonyl (C=O) groups excluding carboxylic acids is 1. The van der Waals surface area contributed by atoms with Crippen LogP contribution in [0.15, 0.2) is 36.7 Å². The number of amides is 1. The van der Waals surface area contributed by atoms with E-state index >= 15 is 0 Å². The van der Waals surface area contributed by atoms with Crippen molar-refractivity contribution in [1.29, 1.82) is 0 Å². The van der Waals surface area contributed by atoms with Crippen molar-refractivity contribution in [2.45, 2.75) is 13.3 Å². The van der Waals surface area contributed by atoms with Crippen molar-refractivity contribution in [3.63, 3.8) is 0 Å². The zero-order valence-corrected chi connectivity index (χ0v) is 9.73. The molecule has 0 bridgehead atoms. The van der Waals surface area contributed by atoms with Crippen LogP contribution in [0.3, 0.4) is 0 Å². The highest BCUT2D eigenvalue weighted by molar-refractivity contribution is 5.95. The van der Waals surface area contributed by atoms with E-state index in [2.05, 4.69) is 15.5 Å². The molecule has 1 aromatic carbocycles. The number of aromatic nitrogens is 2. The van der Waals surface area contributed by atoms with E-state index in [1.807, 2.05) is 37.4 Å². The number of nitrogens with zero attached hydrogens (tertiary/aromatic N) is 1. The Morgan fingerprint density at radius 1 is 1.41 bits per heavy atom. The number of benzene rings is 1. The first-order chi connectivity index (χ1) is 8.31. The molecule has 0 aliphatic rings. The number of rotatable bonds is 4. The lowest BCUT2D eigenvalue weighted by molar-refractivity contribution is 0.0953. The Kier molecular flexibility index (Phi) is 3.55. The molecule has 2 aromatic rings. The second kappa shape index (κ2) is 5.30. The first-order valence-electron chi connectivity index (χ1n) is 5.68. The summed E-state index contributed by atoms with van der Waals surface area (Å²) >= 11 is 0. The fraction of sp³-hybridized carbons (Fsp3) is 0.231. The molecule has 0 aliphatic heterocycles. The average molecular weight is 229 g/mol. The first-order valence-corrected chi connectivity index (χ1v) is 5.68. The summed E-state index contributed by atoms with van der Waals surface area (Å²) in [6.07, 6.45) is 4.49. The molecule has 0 saturated carbocycles. The minimum absolute atomic E-state index is 0.0304. The van der Waals surface area contributed by atoms with Gasteiger partial charge in [-0.05, 0) is 24.1 Å². The normalized spacial score (nSPS) is 10.2. The molecule has 4 heteroatoms. The topological polar surface area (TPSA) is 57.8 Å². The molecule has 1 amide bonds. The predicted octanol–water partition coefficient (Wildman–Crippen LogP) is 2.22. The molecule has 0 radical (unpaired) electrons. The van der Waals surface area contributed by atoms with E-state index in [4.69, 9.17) is 0 Å². The van der Waals surface area contributed by atoms with Crippen molar-refractivity contribution in [2.24, 2.45) is 0 Å². The number of carbonyl (C=O) groups is 1. The Labute approximate surface area is 100 Å². The summed E-state index contributed by atoms with van der Waals surface area (Å²) in [4.78, 5) is 11.8. The molecular formula is C13H15N3O. The van der Waals surface area contributed by atoms with Crippen LogP contribution in [0.4, 0.5) is 0 Å². The van der Waals surface area contributed by atoms with Crippen molar-refractivity contribution in [1.82, 2.24) is 15.5 Å². The third-order valence-corrected chi connectivity index (χ3v) is 2.49. The van der Waals surface area contributed by atoms with Crippen molar-refractivity contribution in [2.75, 3.05) is 6.54 Å². The molecule has 88 valence electrons. The smallest absolute Gasteiger partial charge is 0.251 e. The van der Waals surface area contributed by atoms with Crippen LogP contribution in [-0.2, 0) is 0 Å². The summed E-state index contributed by atoms with van der Waals surface area (Å²) in [5.74, 6) is -0.0304. The third-order valence-electron chi connectivity index (χ3n) is 2.49. The lowest BCUT2D eigenvalue weighted by atomic mass is 10.1. The molecule has 17 heavy (non-hydrogen) atoms. The number of hydrogen-bond donors (Lipinski definition) is 2. The monoisotopic (exact) mass is 229 g/mol. The third kappa shape index (κ3) is 2.72. The Balaban J connectivity index is 2.20. The van der Waals surface area contributed by atoms with Gasteiger partial charge in [0.25, 0.3) is 5.91 Å². The SMILES string of the molecule is CCCNC(=O)c1cccc(-c2cn[nH]c2)c1. The van der Waals surface area contributed by atoms with Crippen molar-refractivity contribution in [3.8, 4) is 11.1 Å². The highest BCUT2D eigenvalue weighted by Gasteiger charge is 2.06. The zero-order valence-electron chi connectivity index (χ0n) is 9.73. The van der Waals surface area contributed by atoms with E-state index in [0.29, 0.717) is 12.1 Å². The van der Waals surface area contributed by atoms with Gasteiger partial charge in [-0.25, -0.2) is 0 Å². The van der Waals surface area contributed by atoms with E-state index in [9.17, 15) is 4.79 Å². The van der Waals surface area contributed by atoms with Gasteiger partial charge >= 0.3 is 0 Å². The van der Waals surface area contributed by atoms with E-state index in [0.717, 1.165) is 17.5 Å². The summed E-state index contributed by atoms with van der Waals surface area (Å²) in [6, 6.07) is 7.52. The van der Waals surface area contributed by atoms with Gasteiger partial charge in [0.05, 0.1) is 6.20 Å². The highest BCUT2D eigenvalue weighted by atomic mass is 16.1. The van der Waals surface area contributed by atoms with Crippen LogP contribution < -0.4 is 5.32 Å². The standard InChI is InChI=1S/C13H15N3O/c1-2-6-14-13(17)11-5-3-4-10(7-11)12-8-15-16-9-12/h3-5,7-9H,2,6H2,1H3,(H,14,17)(H,15,16). The molecule has 0 fully saturated rings. The number of nitrogens with one attached hydrogen (secondary N) is 2. The Morgan fingerprint density at radius 2 is 2.29 bits per heavy atom. The van der Waals surface area contributed by atoms with Gasteiger partial charge in [-0.1, -0.05) is 19.1 Å². The Hall–Kier alpha value is -2.10. The second-order valence-electron chi connectivity index (χ2n) is 3.82. The Bertz CT molecular complexity index is 491. The van der Waals surface area contributed by atoms with E-state index < -0.39 is 0 Å². The fourth-order valence-corrected chi connectivity index (χ4v) is 1.59. The van der Waals surface area contributed by atoms with Crippen molar-refractivity contribution in [3.05, 3.63) is 42.2 Å². The largest absolute Gasteiger partial charge is 0.352 e. The van der Waals surface area contributed by atoms with Crippen LogP contribution in [0.2, 0.25) is 0 Å². The maximum Gasteiger partial charge on any atom is 0.251 e. The molecule has 2 rings (SSSR count). The highest BCUT2D eigenvalue weighted by Crippen LogP contribution is 2.18. The van der Waals surface area contributed by atoms with Gasteiger partial charge < -0.3 is 5.32 Å². The molecule has 4 nitrogen and oxygen atoms in total. The van der Waals surface area contributed by atoms with Gasteiger partial charge in [-0.2, -0.15) is 5.10 Å². The van der Waals surface area contributed by atoms with E-state index in [-0.39, 0.29) is 5.91 Å². The molecule has 0 atom stereocenters. The molecule has 1 aromatic heterocycles. The Morgan fingerprint density at radius 3 is 3.00 bits per heavy atom. The van der Waals surface area contributed by atoms with E-state index in [1.165, 1.54) is 0 Å². The van der Waals surface area contributed by atoms with Crippen LogP contribution in [0, 0.1) is 0 Å². The number of aromatic amines is 1. The summed E-state index contributed by atoms with van der Waals surface area (Å²) in [5, 5.41) is 9.52. The molecule has 0 unspecified atom stereocenters. The molecule has 1 heterocycles. The quantitative estimate of drug-likeness (QED) is 0.844. The van der Waals surface area contributed by atoms with Gasteiger partial charge in [0.2, 0.25) is 0 Å². The molecule has 0 aliphatic carbocycles. The van der Waals surface area contributed by atoms with Crippen LogP contribution in [0.5, 0.6) is 0 Å². The summed E-state index contributed by atoms with van der Waals surface area (Å²) < 4.78 is 0. The minimum atomic E-state index is -0.0304. The van der Waals surface area contributed by atoms with Crippen LogP contribution in [-0.4, -0.2) is 22.6 Å².